The van der Waals surface area contributed by atoms with Gasteiger partial charge in [0.05, 0.1) is 5.56 Å². The number of nitrogens with zero attached hydrogens (tertiary/aromatic N) is 1. The van der Waals surface area contributed by atoms with Crippen molar-refractivity contribution in [1.82, 2.24) is 4.90 Å². The van der Waals surface area contributed by atoms with Crippen molar-refractivity contribution in [3.63, 3.8) is 0 Å². The molecule has 3 rings (SSSR count). The van der Waals surface area contributed by atoms with Gasteiger partial charge in [-0.1, -0.05) is 31.4 Å². The van der Waals surface area contributed by atoms with E-state index in [-0.39, 0.29) is 5.91 Å². The van der Waals surface area contributed by atoms with E-state index >= 15 is 0 Å². The summed E-state index contributed by atoms with van der Waals surface area (Å²) in [6.45, 7) is 2.98. The van der Waals surface area contributed by atoms with Crippen LogP contribution in [0.4, 0.5) is 0 Å². The van der Waals surface area contributed by atoms with Crippen LogP contribution in [0.5, 0.6) is 0 Å². The van der Waals surface area contributed by atoms with E-state index in [1.165, 1.54) is 38.5 Å². The monoisotopic (exact) mass is 349 g/mol. The predicted octanol–water partition coefficient (Wildman–Crippen LogP) is 4.94. The molecule has 0 radical (unpaired) electrons. The molecule has 1 saturated carbocycles. The van der Waals surface area contributed by atoms with Crippen LogP contribution in [0, 0.1) is 12.8 Å². The van der Waals surface area contributed by atoms with Gasteiger partial charge in [0.2, 0.25) is 0 Å². The molecule has 0 bridgehead atoms. The van der Waals surface area contributed by atoms with Crippen molar-refractivity contribution in [3.8, 4) is 0 Å². The summed E-state index contributed by atoms with van der Waals surface area (Å²) < 4.78 is 0.962. The van der Waals surface area contributed by atoms with Gasteiger partial charge in [0, 0.05) is 17.1 Å². The summed E-state index contributed by atoms with van der Waals surface area (Å²) >= 11 is 3.60. The average molecular weight is 350 g/mol. The highest BCUT2D eigenvalue weighted by molar-refractivity contribution is 9.10. The minimum absolute atomic E-state index is 0.221. The fourth-order valence-corrected chi connectivity index (χ4v) is 4.45. The molecule has 1 aliphatic carbocycles. The van der Waals surface area contributed by atoms with Crippen molar-refractivity contribution in [2.24, 2.45) is 5.92 Å². The van der Waals surface area contributed by atoms with Crippen molar-refractivity contribution in [3.05, 3.63) is 33.8 Å². The quantitative estimate of drug-likeness (QED) is 0.740. The molecular formula is C18H24BrNO. The molecule has 21 heavy (non-hydrogen) atoms. The zero-order valence-electron chi connectivity index (χ0n) is 12.8. The minimum atomic E-state index is 0.221. The maximum atomic E-state index is 13.0. The Morgan fingerprint density at radius 2 is 1.90 bits per heavy atom. The molecular weight excluding hydrogens is 326 g/mol. The van der Waals surface area contributed by atoms with E-state index in [2.05, 4.69) is 20.8 Å². The van der Waals surface area contributed by atoms with Crippen LogP contribution < -0.4 is 0 Å². The Kier molecular flexibility index (Phi) is 4.68. The fourth-order valence-electron chi connectivity index (χ4n) is 4.02. The number of carbonyl (C=O) groups is 1. The third-order valence-electron chi connectivity index (χ3n) is 5.18. The van der Waals surface area contributed by atoms with Crippen LogP contribution in [0.1, 0.15) is 60.9 Å². The Bertz CT molecular complexity index is 522. The van der Waals surface area contributed by atoms with Crippen LogP contribution >= 0.6 is 15.9 Å². The lowest BCUT2D eigenvalue weighted by Crippen LogP contribution is -2.41. The van der Waals surface area contributed by atoms with Crippen molar-refractivity contribution >= 4 is 21.8 Å². The van der Waals surface area contributed by atoms with Crippen LogP contribution in [-0.2, 0) is 0 Å². The summed E-state index contributed by atoms with van der Waals surface area (Å²) in [5.74, 6) is 0.951. The van der Waals surface area contributed by atoms with Gasteiger partial charge in [-0.15, -0.1) is 0 Å². The Labute approximate surface area is 136 Å². The van der Waals surface area contributed by atoms with Gasteiger partial charge in [0.15, 0.2) is 0 Å². The number of rotatable bonds is 2. The van der Waals surface area contributed by atoms with E-state index < -0.39 is 0 Å². The SMILES string of the molecule is Cc1cccc(C(=O)N2CCCC2C2CCCCC2)c1Br. The Morgan fingerprint density at radius 3 is 2.67 bits per heavy atom. The summed E-state index contributed by atoms with van der Waals surface area (Å²) in [4.78, 5) is 15.1. The Morgan fingerprint density at radius 1 is 1.14 bits per heavy atom. The van der Waals surface area contributed by atoms with Crippen LogP contribution in [0.25, 0.3) is 0 Å². The molecule has 1 amide bonds. The van der Waals surface area contributed by atoms with Crippen molar-refractivity contribution < 1.29 is 4.79 Å². The van der Waals surface area contributed by atoms with Crippen LogP contribution in [0.3, 0.4) is 0 Å². The van der Waals surface area contributed by atoms with E-state index in [4.69, 9.17) is 0 Å². The first kappa shape index (κ1) is 15.1. The highest BCUT2D eigenvalue weighted by atomic mass is 79.9. The van der Waals surface area contributed by atoms with E-state index in [1.54, 1.807) is 0 Å². The third-order valence-corrected chi connectivity index (χ3v) is 6.23. The maximum Gasteiger partial charge on any atom is 0.255 e. The lowest BCUT2D eigenvalue weighted by atomic mass is 9.83. The molecule has 1 aromatic rings. The van der Waals surface area contributed by atoms with Crippen LogP contribution in [0.2, 0.25) is 0 Å². The van der Waals surface area contributed by atoms with E-state index in [1.807, 2.05) is 25.1 Å². The van der Waals surface area contributed by atoms with Gasteiger partial charge in [-0.25, -0.2) is 0 Å². The van der Waals surface area contributed by atoms with E-state index in [0.29, 0.717) is 6.04 Å². The second-order valence-corrected chi connectivity index (χ2v) is 7.34. The lowest BCUT2D eigenvalue weighted by Gasteiger charge is -2.34. The average Bonchev–Trinajstić information content (AvgIpc) is 3.00. The number of carbonyl (C=O) groups excluding carboxylic acids is 1. The van der Waals surface area contributed by atoms with Gasteiger partial charge in [-0.2, -0.15) is 0 Å². The number of amides is 1. The number of aryl methyl sites for hydroxylation is 1. The molecule has 1 unspecified atom stereocenters. The van der Waals surface area contributed by atoms with Crippen molar-refractivity contribution in [1.29, 1.82) is 0 Å². The molecule has 0 aromatic heterocycles. The Hall–Kier alpha value is -0.830. The molecule has 1 aliphatic heterocycles. The maximum absolute atomic E-state index is 13.0. The van der Waals surface area contributed by atoms with Crippen molar-refractivity contribution in [2.45, 2.75) is 57.9 Å². The summed E-state index contributed by atoms with van der Waals surface area (Å²) in [5.41, 5.74) is 1.96. The normalized spacial score (nSPS) is 23.5. The molecule has 1 saturated heterocycles. The van der Waals surface area contributed by atoms with Gasteiger partial charge in [-0.05, 0) is 66.1 Å². The first-order valence-corrected chi connectivity index (χ1v) is 9.04. The first-order valence-electron chi connectivity index (χ1n) is 8.24. The number of halogens is 1. The molecule has 3 heteroatoms. The van der Waals surface area contributed by atoms with Gasteiger partial charge < -0.3 is 4.90 Å². The lowest BCUT2D eigenvalue weighted by molar-refractivity contribution is 0.0660. The number of hydrogen-bond donors (Lipinski definition) is 0. The van der Waals surface area contributed by atoms with Gasteiger partial charge >= 0.3 is 0 Å². The van der Waals surface area contributed by atoms with Crippen LogP contribution in [0.15, 0.2) is 22.7 Å². The zero-order chi connectivity index (χ0) is 14.8. The Balaban J connectivity index is 1.81. The smallest absolute Gasteiger partial charge is 0.255 e. The molecule has 0 spiro atoms. The molecule has 0 N–H and O–H groups in total. The first-order chi connectivity index (χ1) is 10.2. The topological polar surface area (TPSA) is 20.3 Å². The molecule has 1 heterocycles. The summed E-state index contributed by atoms with van der Waals surface area (Å²) in [6, 6.07) is 6.46. The summed E-state index contributed by atoms with van der Waals surface area (Å²) in [5, 5.41) is 0. The zero-order valence-corrected chi connectivity index (χ0v) is 14.4. The second-order valence-electron chi connectivity index (χ2n) is 6.54. The summed E-state index contributed by atoms with van der Waals surface area (Å²) in [6.07, 6.45) is 9.04. The molecule has 2 aliphatic rings. The van der Waals surface area contributed by atoms with Gasteiger partial charge in [0.1, 0.15) is 0 Å². The molecule has 2 nitrogen and oxygen atoms in total. The second kappa shape index (κ2) is 6.51. The highest BCUT2D eigenvalue weighted by Gasteiger charge is 2.35. The summed E-state index contributed by atoms with van der Waals surface area (Å²) in [7, 11) is 0. The number of likely N-dealkylation sites (tertiary alicyclic amines) is 1. The minimum Gasteiger partial charge on any atom is -0.335 e. The predicted molar refractivity (Wildman–Crippen MR) is 89.5 cm³/mol. The standard InChI is InChI=1S/C18H24BrNO/c1-13-7-5-10-15(17(13)19)18(21)20-12-6-11-16(20)14-8-3-2-4-9-14/h5,7,10,14,16H,2-4,6,8-9,11-12H2,1H3. The molecule has 1 aromatic carbocycles. The molecule has 2 fully saturated rings. The number of benzene rings is 1. The molecule has 1 atom stereocenters. The van der Waals surface area contributed by atoms with Gasteiger partial charge in [-0.3, -0.25) is 4.79 Å². The van der Waals surface area contributed by atoms with Crippen LogP contribution in [-0.4, -0.2) is 23.4 Å². The largest absolute Gasteiger partial charge is 0.335 e. The molecule has 114 valence electrons. The number of hydrogen-bond acceptors (Lipinski definition) is 1. The fraction of sp³-hybridized carbons (Fsp3) is 0.611. The van der Waals surface area contributed by atoms with E-state index in [9.17, 15) is 4.79 Å². The third kappa shape index (κ3) is 3.03. The van der Waals surface area contributed by atoms with Crippen molar-refractivity contribution in [2.75, 3.05) is 6.54 Å². The highest BCUT2D eigenvalue weighted by Crippen LogP contribution is 2.35. The van der Waals surface area contributed by atoms with E-state index in [0.717, 1.165) is 34.5 Å². The van der Waals surface area contributed by atoms with Gasteiger partial charge in [0.25, 0.3) is 5.91 Å².